The number of aryl methyl sites for hydroxylation is 1. The molecule has 0 aliphatic carbocycles. The molecule has 1 aromatic rings. The van der Waals surface area contributed by atoms with Gasteiger partial charge in [-0.25, -0.2) is 4.79 Å². The van der Waals surface area contributed by atoms with Crippen molar-refractivity contribution in [1.82, 2.24) is 5.32 Å². The molecule has 0 saturated heterocycles. The van der Waals surface area contributed by atoms with Gasteiger partial charge in [0.25, 0.3) is 0 Å². The number of esters is 1. The van der Waals surface area contributed by atoms with Crippen molar-refractivity contribution < 1.29 is 9.53 Å². The molecule has 0 spiro atoms. The average molecular weight is 263 g/mol. The first-order chi connectivity index (χ1) is 9.00. The minimum absolute atomic E-state index is 0.223. The molecule has 3 heteroatoms. The number of rotatable bonds is 6. The molecule has 0 saturated carbocycles. The molecule has 2 unspecified atom stereocenters. The number of carbonyl (C=O) groups is 1. The van der Waals surface area contributed by atoms with E-state index in [0.717, 1.165) is 12.0 Å². The zero-order chi connectivity index (χ0) is 14.5. The lowest BCUT2D eigenvalue weighted by atomic mass is 9.85. The van der Waals surface area contributed by atoms with Crippen LogP contribution in [0, 0.1) is 6.92 Å². The van der Waals surface area contributed by atoms with Gasteiger partial charge in [-0.1, -0.05) is 43.7 Å². The van der Waals surface area contributed by atoms with Crippen LogP contribution in [0.25, 0.3) is 0 Å². The minimum Gasteiger partial charge on any atom is -0.467 e. The van der Waals surface area contributed by atoms with Crippen LogP contribution in [-0.4, -0.2) is 19.1 Å². The van der Waals surface area contributed by atoms with Crippen LogP contribution in [0.5, 0.6) is 0 Å². The minimum atomic E-state index is -0.752. The number of benzene rings is 1. The summed E-state index contributed by atoms with van der Waals surface area (Å²) in [5.74, 6) is -0.223. The van der Waals surface area contributed by atoms with Crippen molar-refractivity contribution in [2.45, 2.75) is 52.1 Å². The number of nitrogens with one attached hydrogen (secondary N) is 1. The summed E-state index contributed by atoms with van der Waals surface area (Å²) in [7, 11) is 1.44. The Hall–Kier alpha value is -1.35. The first-order valence-electron chi connectivity index (χ1n) is 6.93. The predicted octanol–water partition coefficient (Wildman–Crippen LogP) is 3.16. The van der Waals surface area contributed by atoms with Gasteiger partial charge in [-0.05, 0) is 32.3 Å². The van der Waals surface area contributed by atoms with Gasteiger partial charge >= 0.3 is 5.97 Å². The number of ether oxygens (including phenoxy) is 1. The van der Waals surface area contributed by atoms with Crippen LogP contribution in [0.2, 0.25) is 0 Å². The zero-order valence-corrected chi connectivity index (χ0v) is 12.6. The van der Waals surface area contributed by atoms with Crippen LogP contribution >= 0.6 is 0 Å². The van der Waals surface area contributed by atoms with Gasteiger partial charge in [-0.2, -0.15) is 0 Å². The van der Waals surface area contributed by atoms with E-state index < -0.39 is 5.54 Å². The Morgan fingerprint density at radius 2 is 1.89 bits per heavy atom. The first kappa shape index (κ1) is 15.7. The monoisotopic (exact) mass is 263 g/mol. The molecule has 0 aliphatic rings. The summed E-state index contributed by atoms with van der Waals surface area (Å²) in [4.78, 5) is 12.3. The maximum Gasteiger partial charge on any atom is 0.330 e. The van der Waals surface area contributed by atoms with Gasteiger partial charge in [0.1, 0.15) is 5.54 Å². The molecule has 106 valence electrons. The summed E-state index contributed by atoms with van der Waals surface area (Å²) >= 11 is 0. The summed E-state index contributed by atoms with van der Waals surface area (Å²) in [5, 5.41) is 3.44. The largest absolute Gasteiger partial charge is 0.467 e. The fraction of sp³-hybridized carbons (Fsp3) is 0.562. The fourth-order valence-corrected chi connectivity index (χ4v) is 2.25. The highest BCUT2D eigenvalue weighted by Crippen LogP contribution is 2.28. The molecule has 0 aliphatic heterocycles. The van der Waals surface area contributed by atoms with E-state index >= 15 is 0 Å². The van der Waals surface area contributed by atoms with Crippen molar-refractivity contribution in [2.24, 2.45) is 0 Å². The summed E-state index contributed by atoms with van der Waals surface area (Å²) in [6.45, 7) is 8.23. The standard InChI is InChI=1S/C16H25NO2/c1-6-13(4)17-16(7-2,15(18)19-5)14-10-8-12(3)9-11-14/h8-11,13,17H,6-7H2,1-5H3. The van der Waals surface area contributed by atoms with Crippen molar-refractivity contribution in [3.8, 4) is 0 Å². The van der Waals surface area contributed by atoms with Crippen LogP contribution < -0.4 is 5.32 Å². The molecule has 0 bridgehead atoms. The van der Waals surface area contributed by atoms with Crippen molar-refractivity contribution in [3.05, 3.63) is 35.4 Å². The van der Waals surface area contributed by atoms with Crippen LogP contribution in [0.3, 0.4) is 0 Å². The molecule has 1 rings (SSSR count). The highest BCUT2D eigenvalue weighted by atomic mass is 16.5. The third kappa shape index (κ3) is 3.35. The van der Waals surface area contributed by atoms with E-state index in [2.05, 4.69) is 19.2 Å². The predicted molar refractivity (Wildman–Crippen MR) is 78.1 cm³/mol. The van der Waals surface area contributed by atoms with Crippen molar-refractivity contribution >= 4 is 5.97 Å². The molecule has 3 nitrogen and oxygen atoms in total. The van der Waals surface area contributed by atoms with Crippen LogP contribution in [-0.2, 0) is 15.1 Å². The molecular formula is C16H25NO2. The van der Waals surface area contributed by atoms with Crippen LogP contribution in [0.4, 0.5) is 0 Å². The maximum absolute atomic E-state index is 12.3. The molecule has 0 aromatic heterocycles. The topological polar surface area (TPSA) is 38.3 Å². The van der Waals surface area contributed by atoms with Crippen molar-refractivity contribution in [3.63, 3.8) is 0 Å². The van der Waals surface area contributed by atoms with Gasteiger partial charge in [0, 0.05) is 6.04 Å². The number of hydrogen-bond acceptors (Lipinski definition) is 3. The van der Waals surface area contributed by atoms with E-state index in [4.69, 9.17) is 4.74 Å². The second-order valence-corrected chi connectivity index (χ2v) is 5.07. The second kappa shape index (κ2) is 6.71. The Bertz CT molecular complexity index is 413. The third-order valence-electron chi connectivity index (χ3n) is 3.71. The Labute approximate surface area is 116 Å². The summed E-state index contributed by atoms with van der Waals surface area (Å²) in [5.41, 5.74) is 1.40. The Morgan fingerprint density at radius 1 is 1.32 bits per heavy atom. The molecule has 2 atom stereocenters. The van der Waals surface area contributed by atoms with E-state index in [0.29, 0.717) is 6.42 Å². The lowest BCUT2D eigenvalue weighted by Gasteiger charge is -2.34. The van der Waals surface area contributed by atoms with Crippen molar-refractivity contribution in [2.75, 3.05) is 7.11 Å². The van der Waals surface area contributed by atoms with Gasteiger partial charge in [-0.15, -0.1) is 0 Å². The lowest BCUT2D eigenvalue weighted by Crippen LogP contribution is -2.52. The van der Waals surface area contributed by atoms with E-state index in [1.54, 1.807) is 0 Å². The molecule has 0 heterocycles. The van der Waals surface area contributed by atoms with Gasteiger partial charge in [-0.3, -0.25) is 5.32 Å². The van der Waals surface area contributed by atoms with Crippen molar-refractivity contribution in [1.29, 1.82) is 0 Å². The molecular weight excluding hydrogens is 238 g/mol. The smallest absolute Gasteiger partial charge is 0.330 e. The molecule has 0 fully saturated rings. The molecule has 19 heavy (non-hydrogen) atoms. The summed E-state index contributed by atoms with van der Waals surface area (Å²) < 4.78 is 5.04. The molecule has 0 amide bonds. The first-order valence-corrected chi connectivity index (χ1v) is 6.93. The summed E-state index contributed by atoms with van der Waals surface area (Å²) in [6, 6.07) is 8.32. The normalized spacial score (nSPS) is 15.6. The lowest BCUT2D eigenvalue weighted by molar-refractivity contribution is -0.149. The summed E-state index contributed by atoms with van der Waals surface area (Å²) in [6.07, 6.45) is 1.62. The highest BCUT2D eigenvalue weighted by Gasteiger charge is 2.40. The van der Waals surface area contributed by atoms with E-state index in [1.165, 1.54) is 12.7 Å². The number of carbonyl (C=O) groups excluding carboxylic acids is 1. The molecule has 1 aromatic carbocycles. The maximum atomic E-state index is 12.3. The van der Waals surface area contributed by atoms with Gasteiger partial charge in [0.15, 0.2) is 0 Å². The Kier molecular flexibility index (Phi) is 5.55. The average Bonchev–Trinajstić information content (AvgIpc) is 2.44. The Morgan fingerprint density at radius 3 is 2.32 bits per heavy atom. The molecule has 1 N–H and O–H groups in total. The highest BCUT2D eigenvalue weighted by molar-refractivity contribution is 5.82. The van der Waals surface area contributed by atoms with Crippen LogP contribution in [0.1, 0.15) is 44.7 Å². The number of hydrogen-bond donors (Lipinski definition) is 1. The van der Waals surface area contributed by atoms with Crippen LogP contribution in [0.15, 0.2) is 24.3 Å². The zero-order valence-electron chi connectivity index (χ0n) is 12.6. The van der Waals surface area contributed by atoms with Gasteiger partial charge in [0.05, 0.1) is 7.11 Å². The quantitative estimate of drug-likeness (QED) is 0.801. The SMILES string of the molecule is CCC(C)NC(CC)(C(=O)OC)c1ccc(C)cc1. The van der Waals surface area contributed by atoms with E-state index in [1.807, 2.05) is 38.1 Å². The second-order valence-electron chi connectivity index (χ2n) is 5.07. The molecule has 0 radical (unpaired) electrons. The Balaban J connectivity index is 3.23. The fourth-order valence-electron chi connectivity index (χ4n) is 2.25. The van der Waals surface area contributed by atoms with Gasteiger partial charge in [0.2, 0.25) is 0 Å². The third-order valence-corrected chi connectivity index (χ3v) is 3.71. The van der Waals surface area contributed by atoms with E-state index in [9.17, 15) is 4.79 Å². The van der Waals surface area contributed by atoms with E-state index in [-0.39, 0.29) is 12.0 Å². The number of methoxy groups -OCH3 is 1. The van der Waals surface area contributed by atoms with Gasteiger partial charge < -0.3 is 4.74 Å².